The Morgan fingerprint density at radius 2 is 1.82 bits per heavy atom. The van der Waals surface area contributed by atoms with E-state index in [0.717, 1.165) is 38.6 Å². The summed E-state index contributed by atoms with van der Waals surface area (Å²) in [5.41, 5.74) is 0. The standard InChI is InChI=1S/C13H21N3O/c14-10-12-8-4-5-9-16(12)13(17)15-11-6-2-1-3-7-11/h11-12H,1-9H2,(H,15,17). The minimum atomic E-state index is -0.215. The molecule has 0 radical (unpaired) electrons. The molecule has 1 unspecified atom stereocenters. The maximum Gasteiger partial charge on any atom is 0.318 e. The number of nitrogens with zero attached hydrogens (tertiary/aromatic N) is 2. The minimum Gasteiger partial charge on any atom is -0.335 e. The summed E-state index contributed by atoms with van der Waals surface area (Å²) < 4.78 is 0. The topological polar surface area (TPSA) is 56.1 Å². The van der Waals surface area contributed by atoms with Gasteiger partial charge in [0.1, 0.15) is 6.04 Å². The van der Waals surface area contributed by atoms with Gasteiger partial charge in [0, 0.05) is 12.6 Å². The minimum absolute atomic E-state index is 0.0249. The van der Waals surface area contributed by atoms with Crippen molar-refractivity contribution in [2.24, 2.45) is 0 Å². The fourth-order valence-corrected chi connectivity index (χ4v) is 2.81. The molecule has 94 valence electrons. The molecule has 2 rings (SSSR count). The van der Waals surface area contributed by atoms with Crippen molar-refractivity contribution in [2.45, 2.75) is 63.5 Å². The van der Waals surface area contributed by atoms with Gasteiger partial charge in [-0.05, 0) is 32.1 Å². The Labute approximate surface area is 103 Å². The molecule has 4 nitrogen and oxygen atoms in total. The summed E-state index contributed by atoms with van der Waals surface area (Å²) >= 11 is 0. The lowest BCUT2D eigenvalue weighted by Crippen LogP contribution is -2.51. The number of urea groups is 1. The Bertz CT molecular complexity index is 304. The van der Waals surface area contributed by atoms with Gasteiger partial charge in [0.25, 0.3) is 0 Å². The molecule has 1 aliphatic heterocycles. The van der Waals surface area contributed by atoms with E-state index in [1.54, 1.807) is 4.90 Å². The molecule has 1 saturated carbocycles. The first-order valence-electron chi connectivity index (χ1n) is 6.78. The number of rotatable bonds is 1. The van der Waals surface area contributed by atoms with Crippen LogP contribution in [0.2, 0.25) is 0 Å². The fraction of sp³-hybridized carbons (Fsp3) is 0.846. The van der Waals surface area contributed by atoms with Crippen LogP contribution in [0, 0.1) is 11.3 Å². The van der Waals surface area contributed by atoms with E-state index in [-0.39, 0.29) is 12.1 Å². The third-order valence-corrected chi connectivity index (χ3v) is 3.85. The second kappa shape index (κ2) is 5.90. The molecule has 4 heteroatoms. The Morgan fingerprint density at radius 3 is 2.53 bits per heavy atom. The molecule has 2 fully saturated rings. The van der Waals surface area contributed by atoms with Crippen molar-refractivity contribution in [2.75, 3.05) is 6.54 Å². The van der Waals surface area contributed by atoms with Gasteiger partial charge in [-0.25, -0.2) is 4.79 Å². The van der Waals surface area contributed by atoms with Crippen LogP contribution in [0.5, 0.6) is 0 Å². The fourth-order valence-electron chi connectivity index (χ4n) is 2.81. The van der Waals surface area contributed by atoms with Crippen LogP contribution >= 0.6 is 0 Å². The first kappa shape index (κ1) is 12.2. The molecule has 1 heterocycles. The highest BCUT2D eigenvalue weighted by atomic mass is 16.2. The van der Waals surface area contributed by atoms with E-state index in [1.807, 2.05) is 0 Å². The maximum absolute atomic E-state index is 12.1. The van der Waals surface area contributed by atoms with Gasteiger partial charge < -0.3 is 10.2 Å². The third kappa shape index (κ3) is 3.12. The lowest BCUT2D eigenvalue weighted by Gasteiger charge is -2.33. The monoisotopic (exact) mass is 235 g/mol. The SMILES string of the molecule is N#CC1CCCCN1C(=O)NC1CCCCC1. The summed E-state index contributed by atoms with van der Waals surface area (Å²) in [6.07, 6.45) is 8.82. The van der Waals surface area contributed by atoms with Gasteiger partial charge >= 0.3 is 6.03 Å². The van der Waals surface area contributed by atoms with Crippen molar-refractivity contribution >= 4 is 6.03 Å². The highest BCUT2D eigenvalue weighted by Crippen LogP contribution is 2.20. The summed E-state index contributed by atoms with van der Waals surface area (Å²) in [7, 11) is 0. The van der Waals surface area contributed by atoms with E-state index < -0.39 is 0 Å². The highest BCUT2D eigenvalue weighted by Gasteiger charge is 2.28. The van der Waals surface area contributed by atoms with Crippen molar-refractivity contribution in [3.05, 3.63) is 0 Å². The number of carbonyl (C=O) groups excluding carboxylic acids is 1. The van der Waals surface area contributed by atoms with Crippen LogP contribution in [0.1, 0.15) is 51.4 Å². The van der Waals surface area contributed by atoms with E-state index in [9.17, 15) is 4.79 Å². The van der Waals surface area contributed by atoms with Crippen LogP contribution in [-0.4, -0.2) is 29.6 Å². The van der Waals surface area contributed by atoms with Gasteiger partial charge in [-0.15, -0.1) is 0 Å². The van der Waals surface area contributed by atoms with Crippen molar-refractivity contribution in [3.63, 3.8) is 0 Å². The van der Waals surface area contributed by atoms with Crippen molar-refractivity contribution in [3.8, 4) is 6.07 Å². The largest absolute Gasteiger partial charge is 0.335 e. The number of likely N-dealkylation sites (tertiary alicyclic amines) is 1. The molecular formula is C13H21N3O. The summed E-state index contributed by atoms with van der Waals surface area (Å²) in [6.45, 7) is 0.733. The van der Waals surface area contributed by atoms with Crippen LogP contribution in [0.4, 0.5) is 4.79 Å². The van der Waals surface area contributed by atoms with Crippen LogP contribution in [0.3, 0.4) is 0 Å². The first-order valence-corrected chi connectivity index (χ1v) is 6.78. The molecule has 1 saturated heterocycles. The third-order valence-electron chi connectivity index (χ3n) is 3.85. The van der Waals surface area contributed by atoms with Crippen molar-refractivity contribution in [1.29, 1.82) is 5.26 Å². The van der Waals surface area contributed by atoms with Crippen molar-refractivity contribution < 1.29 is 4.79 Å². The Balaban J connectivity index is 1.87. The predicted octanol–water partition coefficient (Wildman–Crippen LogP) is 2.41. The molecule has 0 aromatic rings. The molecule has 0 bridgehead atoms. The quantitative estimate of drug-likeness (QED) is 0.758. The summed E-state index contributed by atoms with van der Waals surface area (Å²) in [5.74, 6) is 0. The van der Waals surface area contributed by atoms with Gasteiger partial charge in [-0.1, -0.05) is 19.3 Å². The average Bonchev–Trinajstić information content (AvgIpc) is 2.40. The smallest absolute Gasteiger partial charge is 0.318 e. The van der Waals surface area contributed by atoms with Gasteiger partial charge in [0.15, 0.2) is 0 Å². The Morgan fingerprint density at radius 1 is 1.12 bits per heavy atom. The van der Waals surface area contributed by atoms with Gasteiger partial charge in [0.2, 0.25) is 0 Å². The highest BCUT2D eigenvalue weighted by molar-refractivity contribution is 5.75. The molecule has 0 aromatic carbocycles. The number of nitrogens with one attached hydrogen (secondary N) is 1. The molecule has 1 N–H and O–H groups in total. The number of carbonyl (C=O) groups is 1. The summed E-state index contributed by atoms with van der Waals surface area (Å²) in [6, 6.07) is 2.33. The number of hydrogen-bond donors (Lipinski definition) is 1. The van der Waals surface area contributed by atoms with Crippen LogP contribution < -0.4 is 5.32 Å². The van der Waals surface area contributed by atoms with Gasteiger partial charge in [0.05, 0.1) is 6.07 Å². The lowest BCUT2D eigenvalue weighted by molar-refractivity contribution is 0.163. The maximum atomic E-state index is 12.1. The second-order valence-electron chi connectivity index (χ2n) is 5.12. The lowest BCUT2D eigenvalue weighted by atomic mass is 9.95. The summed E-state index contributed by atoms with van der Waals surface area (Å²) in [5, 5.41) is 12.1. The molecule has 0 aromatic heterocycles. The number of amides is 2. The number of hydrogen-bond acceptors (Lipinski definition) is 2. The Kier molecular flexibility index (Phi) is 4.24. The first-order chi connectivity index (χ1) is 8.31. The number of piperidine rings is 1. The zero-order valence-electron chi connectivity index (χ0n) is 10.3. The van der Waals surface area contributed by atoms with Crippen LogP contribution in [0.25, 0.3) is 0 Å². The van der Waals surface area contributed by atoms with Crippen LogP contribution in [-0.2, 0) is 0 Å². The van der Waals surface area contributed by atoms with Gasteiger partial charge in [-0.3, -0.25) is 0 Å². The van der Waals surface area contributed by atoms with Crippen LogP contribution in [0.15, 0.2) is 0 Å². The Hall–Kier alpha value is -1.24. The molecule has 0 spiro atoms. The molecule has 17 heavy (non-hydrogen) atoms. The average molecular weight is 235 g/mol. The molecular weight excluding hydrogens is 214 g/mol. The van der Waals surface area contributed by atoms with E-state index >= 15 is 0 Å². The number of nitriles is 1. The molecule has 2 aliphatic rings. The zero-order chi connectivity index (χ0) is 12.1. The zero-order valence-corrected chi connectivity index (χ0v) is 10.3. The van der Waals surface area contributed by atoms with Crippen molar-refractivity contribution in [1.82, 2.24) is 10.2 Å². The van der Waals surface area contributed by atoms with Gasteiger partial charge in [-0.2, -0.15) is 5.26 Å². The normalized spacial score (nSPS) is 26.3. The van der Waals surface area contributed by atoms with E-state index in [4.69, 9.17) is 5.26 Å². The van der Waals surface area contributed by atoms with E-state index in [2.05, 4.69) is 11.4 Å². The molecule has 1 aliphatic carbocycles. The predicted molar refractivity (Wildman–Crippen MR) is 65.4 cm³/mol. The molecule has 1 atom stereocenters. The van der Waals surface area contributed by atoms with E-state index in [1.165, 1.54) is 19.3 Å². The molecule has 2 amide bonds. The van der Waals surface area contributed by atoms with E-state index in [0.29, 0.717) is 6.04 Å². The summed E-state index contributed by atoms with van der Waals surface area (Å²) in [4.78, 5) is 13.8. The second-order valence-corrected chi connectivity index (χ2v) is 5.12.